The van der Waals surface area contributed by atoms with E-state index in [1.807, 2.05) is 0 Å². The van der Waals surface area contributed by atoms with Crippen LogP contribution < -0.4 is 20.8 Å². The fourth-order valence-electron chi connectivity index (χ4n) is 11.9. The van der Waals surface area contributed by atoms with Crippen molar-refractivity contribution in [2.24, 2.45) is 29.0 Å². The first-order valence-electron chi connectivity index (χ1n) is 17.7. The van der Waals surface area contributed by atoms with Crippen LogP contribution in [0.5, 0.6) is 0 Å². The van der Waals surface area contributed by atoms with Crippen molar-refractivity contribution >= 4 is 57.3 Å². The van der Waals surface area contributed by atoms with Crippen molar-refractivity contribution in [3.8, 4) is 12.1 Å². The van der Waals surface area contributed by atoms with Crippen LogP contribution in [0.4, 0.5) is 0 Å². The summed E-state index contributed by atoms with van der Waals surface area (Å²) in [5, 5.41) is 58.7. The van der Waals surface area contributed by atoms with Crippen LogP contribution in [0.3, 0.4) is 0 Å². The summed E-state index contributed by atoms with van der Waals surface area (Å²) in [4.78, 5) is 36.4. The predicted molar refractivity (Wildman–Crippen MR) is 170 cm³/mol. The van der Waals surface area contributed by atoms with Gasteiger partial charge in [-0.25, -0.2) is 0 Å². The van der Waals surface area contributed by atoms with Crippen molar-refractivity contribution in [3.05, 3.63) is 4.91 Å². The van der Waals surface area contributed by atoms with E-state index in [4.69, 9.17) is 20.6 Å². The average Bonchev–Trinajstić information content (AvgIpc) is 3.67. The topological polar surface area (TPSA) is 208 Å². The second-order valence-corrected chi connectivity index (χ2v) is 16.4. The first-order valence-corrected chi connectivity index (χ1v) is 17.7. The van der Waals surface area contributed by atoms with Gasteiger partial charge in [0.25, 0.3) is 0 Å². The molecule has 10 fully saturated rings. The van der Waals surface area contributed by atoms with Gasteiger partial charge in [0, 0.05) is 24.2 Å². The van der Waals surface area contributed by atoms with Crippen LogP contribution >= 0.6 is 0 Å². The van der Waals surface area contributed by atoms with Gasteiger partial charge in [-0.3, -0.25) is 9.59 Å². The van der Waals surface area contributed by atoms with Crippen molar-refractivity contribution < 1.29 is 25.0 Å². The number of hydrogen-bond donors (Lipinski definition) is 3. The van der Waals surface area contributed by atoms with E-state index in [1.165, 1.54) is 18.2 Å². The van der Waals surface area contributed by atoms with E-state index in [0.29, 0.717) is 49.6 Å². The Kier molecular flexibility index (Phi) is 11.9. The number of carbonyl (C=O) groups is 2. The number of nitrogens with zero attached hydrogens (tertiary/aromatic N) is 5. The molecule has 4 unspecified atom stereocenters. The molecule has 0 radical (unpaired) electrons. The number of nitrogens with one attached hydrogen (secondary N) is 2. The van der Waals surface area contributed by atoms with Crippen LogP contribution in [0.15, 0.2) is 5.34 Å². The van der Waals surface area contributed by atoms with E-state index < -0.39 is 11.2 Å². The van der Waals surface area contributed by atoms with Gasteiger partial charge in [0.05, 0.1) is 25.2 Å². The molecule has 2 aliphatic heterocycles. The fourth-order valence-corrected chi connectivity index (χ4v) is 11.9. The number of rotatable bonds is 6. The quantitative estimate of drug-likeness (QED) is 0.199. The third kappa shape index (κ3) is 8.07. The van der Waals surface area contributed by atoms with Crippen molar-refractivity contribution in [1.82, 2.24) is 20.4 Å². The largest absolute Gasteiger partial charge is 2.00 e. The minimum absolute atomic E-state index is 0. The summed E-state index contributed by atoms with van der Waals surface area (Å²) in [5.74, 6) is 2.28. The van der Waals surface area contributed by atoms with Gasteiger partial charge in [0.2, 0.25) is 11.8 Å². The maximum absolute atomic E-state index is 12.8. The SMILES string of the molecule is N#C[C@@H]1CCCN1C(=O)CNC12CC3CC(CC([O-])(C3)C1)C2.N#C[C@@H]1CCCN1C(=O)CNC12CC3CC(CC([O-])(C3)C1)C2.O=NO.[Sr+2]. The van der Waals surface area contributed by atoms with E-state index in [1.54, 1.807) is 9.80 Å². The Morgan fingerprint density at radius 2 is 1.06 bits per heavy atom. The molecule has 8 saturated carbocycles. The van der Waals surface area contributed by atoms with Crippen LogP contribution in [-0.4, -0.2) is 133 Å². The molecular formula is C34H49N7O6Sr. The molecule has 0 aromatic heterocycles. The third-order valence-electron chi connectivity index (χ3n) is 12.7. The van der Waals surface area contributed by atoms with Gasteiger partial charge in [-0.1, -0.05) is 25.7 Å². The standard InChI is InChI=1S/2C17H24N3O2.HNO2.Sr/c2*18-9-14-2-1-3-20(14)15(21)10-19-16-5-12-4-13(6-16)8-17(22,7-12)11-16;2-1-3;/h2*12-14,19H,1-8,10-11H2;(H,2,3);/q2*-1;;+2/t2*12?,13?,14-,16?,17?;;/m00../s1. The van der Waals surface area contributed by atoms with Gasteiger partial charge < -0.3 is 35.9 Å². The molecule has 0 aromatic carbocycles. The molecule has 2 amide bonds. The van der Waals surface area contributed by atoms with Crippen LogP contribution in [0, 0.1) is 51.2 Å². The van der Waals surface area contributed by atoms with Gasteiger partial charge in [-0.05, 0) is 101 Å². The summed E-state index contributed by atoms with van der Waals surface area (Å²) in [6.45, 7) is 1.96. The van der Waals surface area contributed by atoms with E-state index in [-0.39, 0.29) is 93.5 Å². The fraction of sp³-hybridized carbons (Fsp3) is 0.882. The molecule has 258 valence electrons. The van der Waals surface area contributed by atoms with Crippen LogP contribution in [0.25, 0.3) is 0 Å². The molecule has 8 aliphatic carbocycles. The Balaban J connectivity index is 0.000000171. The van der Waals surface area contributed by atoms with Crippen molar-refractivity contribution in [2.75, 3.05) is 26.2 Å². The minimum Gasteiger partial charge on any atom is -0.849 e. The maximum Gasteiger partial charge on any atom is 2.00 e. The number of hydrogen-bond acceptors (Lipinski definition) is 10. The molecule has 6 atom stereocenters. The molecule has 10 rings (SSSR count). The van der Waals surface area contributed by atoms with Gasteiger partial charge in [-0.15, -0.1) is 16.1 Å². The Morgan fingerprint density at radius 3 is 1.35 bits per heavy atom. The number of nitriles is 2. The van der Waals surface area contributed by atoms with Gasteiger partial charge in [0.15, 0.2) is 5.34 Å². The normalized spacial score (nSPS) is 42.4. The summed E-state index contributed by atoms with van der Waals surface area (Å²) < 4.78 is 0. The first kappa shape index (κ1) is 37.9. The Labute approximate surface area is 320 Å². The molecule has 48 heavy (non-hydrogen) atoms. The molecule has 2 saturated heterocycles. The van der Waals surface area contributed by atoms with Crippen molar-refractivity contribution in [1.29, 1.82) is 10.5 Å². The molecule has 14 heteroatoms. The van der Waals surface area contributed by atoms with Crippen molar-refractivity contribution in [3.63, 3.8) is 0 Å². The van der Waals surface area contributed by atoms with Gasteiger partial charge in [-0.2, -0.15) is 10.5 Å². The molecule has 2 heterocycles. The molecule has 0 aromatic rings. The summed E-state index contributed by atoms with van der Waals surface area (Å²) in [6, 6.07) is 3.94. The van der Waals surface area contributed by atoms with E-state index in [0.717, 1.165) is 77.0 Å². The summed E-state index contributed by atoms with van der Waals surface area (Å²) in [6.07, 6.45) is 14.8. The number of carbonyl (C=O) groups excluding carboxylic acids is 2. The smallest absolute Gasteiger partial charge is 0.849 e. The van der Waals surface area contributed by atoms with Crippen LogP contribution in [0.2, 0.25) is 0 Å². The zero-order chi connectivity index (χ0) is 33.5. The average molecular weight is 739 g/mol. The van der Waals surface area contributed by atoms with Crippen LogP contribution in [-0.2, 0) is 9.59 Å². The van der Waals surface area contributed by atoms with E-state index in [9.17, 15) is 19.8 Å². The molecular weight excluding hydrogens is 690 g/mol. The molecule has 8 bridgehead atoms. The van der Waals surface area contributed by atoms with Gasteiger partial charge >= 0.3 is 45.5 Å². The Morgan fingerprint density at radius 1 is 0.729 bits per heavy atom. The predicted octanol–water partition coefficient (Wildman–Crippen LogP) is 0.846. The van der Waals surface area contributed by atoms with Crippen LogP contribution in [0.1, 0.15) is 103 Å². The monoisotopic (exact) mass is 739 g/mol. The van der Waals surface area contributed by atoms with E-state index >= 15 is 0 Å². The summed E-state index contributed by atoms with van der Waals surface area (Å²) >= 11 is 0. The number of amides is 2. The Hall–Kier alpha value is -1.36. The minimum atomic E-state index is -0.747. The second kappa shape index (κ2) is 15.1. The Bertz CT molecular complexity index is 1180. The molecule has 10 aliphatic rings. The molecule has 0 spiro atoms. The van der Waals surface area contributed by atoms with Gasteiger partial charge in [0.1, 0.15) is 12.1 Å². The third-order valence-corrected chi connectivity index (χ3v) is 12.7. The maximum atomic E-state index is 12.8. The number of likely N-dealkylation sites (tertiary alicyclic amines) is 2. The summed E-state index contributed by atoms with van der Waals surface area (Å²) in [5.41, 5.74) is -1.71. The molecule has 3 N–H and O–H groups in total. The first-order chi connectivity index (χ1) is 22.4. The zero-order valence-corrected chi connectivity index (χ0v) is 31.5. The summed E-state index contributed by atoms with van der Waals surface area (Å²) in [7, 11) is 0. The van der Waals surface area contributed by atoms with Crippen molar-refractivity contribution in [2.45, 2.75) is 137 Å². The zero-order valence-electron chi connectivity index (χ0n) is 28.0. The second-order valence-electron chi connectivity index (χ2n) is 16.4. The van der Waals surface area contributed by atoms with E-state index in [2.05, 4.69) is 22.8 Å². The molecule has 13 nitrogen and oxygen atoms in total.